The molecule has 100 valence electrons. The average molecular weight is 278 g/mol. The van der Waals surface area contributed by atoms with Crippen molar-refractivity contribution in [2.45, 2.75) is 26.3 Å². The van der Waals surface area contributed by atoms with Crippen LogP contribution in [0.4, 0.5) is 0 Å². The van der Waals surface area contributed by atoms with Crippen molar-refractivity contribution in [3.63, 3.8) is 0 Å². The van der Waals surface area contributed by atoms with Gasteiger partial charge in [0.05, 0.1) is 18.0 Å². The first-order chi connectivity index (χ1) is 8.86. The lowest BCUT2D eigenvalue weighted by atomic mass is 10.1. The third-order valence-corrected chi connectivity index (χ3v) is 2.81. The molecule has 0 fully saturated rings. The SMILES string of the molecule is CC(C)(C)N(O)C=C1C=NC(c2cccc(Cl)c2)=N1. The quantitative estimate of drug-likeness (QED) is 0.841. The van der Waals surface area contributed by atoms with E-state index in [9.17, 15) is 5.21 Å². The van der Waals surface area contributed by atoms with Gasteiger partial charge in [-0.15, -0.1) is 0 Å². The normalized spacial score (nSPS) is 16.9. The van der Waals surface area contributed by atoms with Crippen LogP contribution in [0.5, 0.6) is 0 Å². The topological polar surface area (TPSA) is 48.2 Å². The van der Waals surface area contributed by atoms with Gasteiger partial charge in [0.2, 0.25) is 0 Å². The lowest BCUT2D eigenvalue weighted by molar-refractivity contribution is -0.110. The Morgan fingerprint density at radius 2 is 2.05 bits per heavy atom. The Morgan fingerprint density at radius 1 is 1.32 bits per heavy atom. The summed E-state index contributed by atoms with van der Waals surface area (Å²) in [6.07, 6.45) is 3.17. The molecule has 1 N–H and O–H groups in total. The van der Waals surface area contributed by atoms with Crippen LogP contribution in [0.15, 0.2) is 46.1 Å². The fourth-order valence-electron chi connectivity index (χ4n) is 1.46. The summed E-state index contributed by atoms with van der Waals surface area (Å²) in [5.74, 6) is 0.594. The Labute approximate surface area is 117 Å². The zero-order chi connectivity index (χ0) is 14.0. The highest BCUT2D eigenvalue weighted by atomic mass is 35.5. The first-order valence-electron chi connectivity index (χ1n) is 5.95. The van der Waals surface area contributed by atoms with Gasteiger partial charge in [-0.2, -0.15) is 0 Å². The highest BCUT2D eigenvalue weighted by Gasteiger charge is 2.18. The summed E-state index contributed by atoms with van der Waals surface area (Å²) in [4.78, 5) is 8.57. The average Bonchev–Trinajstić information content (AvgIpc) is 2.76. The second kappa shape index (κ2) is 5.15. The van der Waals surface area contributed by atoms with Crippen molar-refractivity contribution >= 4 is 23.7 Å². The zero-order valence-corrected chi connectivity index (χ0v) is 11.9. The summed E-state index contributed by atoms with van der Waals surface area (Å²) in [6.45, 7) is 5.70. The minimum Gasteiger partial charge on any atom is -0.288 e. The van der Waals surface area contributed by atoms with Gasteiger partial charge >= 0.3 is 0 Å². The lowest BCUT2D eigenvalue weighted by Crippen LogP contribution is -2.34. The molecule has 0 saturated heterocycles. The van der Waals surface area contributed by atoms with Gasteiger partial charge in [0.1, 0.15) is 5.70 Å². The Balaban J connectivity index is 2.23. The van der Waals surface area contributed by atoms with Crippen LogP contribution < -0.4 is 0 Å². The molecule has 0 spiro atoms. The van der Waals surface area contributed by atoms with Crippen molar-refractivity contribution in [2.75, 3.05) is 0 Å². The number of halogens is 1. The molecule has 0 aromatic heterocycles. The molecule has 19 heavy (non-hydrogen) atoms. The molecule has 0 radical (unpaired) electrons. The molecule has 0 saturated carbocycles. The fraction of sp³-hybridized carbons (Fsp3) is 0.286. The summed E-state index contributed by atoms with van der Waals surface area (Å²) in [5.41, 5.74) is 1.08. The summed E-state index contributed by atoms with van der Waals surface area (Å²) < 4.78 is 0. The maximum Gasteiger partial charge on any atom is 0.159 e. The largest absolute Gasteiger partial charge is 0.288 e. The van der Waals surface area contributed by atoms with Crippen LogP contribution in [0.3, 0.4) is 0 Å². The second-order valence-corrected chi connectivity index (χ2v) is 5.71. The fourth-order valence-corrected chi connectivity index (χ4v) is 1.65. The molecule has 5 heteroatoms. The highest BCUT2D eigenvalue weighted by molar-refractivity contribution is 6.31. The Kier molecular flexibility index (Phi) is 3.73. The van der Waals surface area contributed by atoms with Gasteiger partial charge in [-0.1, -0.05) is 23.7 Å². The van der Waals surface area contributed by atoms with E-state index in [1.54, 1.807) is 24.5 Å². The lowest BCUT2D eigenvalue weighted by Gasteiger charge is -2.27. The number of hydrogen-bond donors (Lipinski definition) is 1. The molecule has 4 nitrogen and oxygen atoms in total. The molecule has 0 aliphatic carbocycles. The van der Waals surface area contributed by atoms with Crippen LogP contribution in [-0.2, 0) is 0 Å². The van der Waals surface area contributed by atoms with E-state index in [0.717, 1.165) is 10.6 Å². The molecule has 1 aromatic rings. The van der Waals surface area contributed by atoms with E-state index < -0.39 is 0 Å². The van der Waals surface area contributed by atoms with Gasteiger partial charge in [-0.25, -0.2) is 9.98 Å². The molecule has 1 aliphatic rings. The summed E-state index contributed by atoms with van der Waals surface area (Å²) in [5, 5.41) is 11.6. The van der Waals surface area contributed by atoms with Crippen molar-refractivity contribution in [3.8, 4) is 0 Å². The number of amidine groups is 1. The van der Waals surface area contributed by atoms with Crippen LogP contribution >= 0.6 is 11.6 Å². The number of nitrogens with zero attached hydrogens (tertiary/aromatic N) is 3. The molecular formula is C14H16ClN3O. The van der Waals surface area contributed by atoms with Crippen LogP contribution in [0.25, 0.3) is 0 Å². The number of aliphatic imine (C=N–C) groups is 2. The number of allylic oxidation sites excluding steroid dienone is 1. The standard InChI is InChI=1S/C14H16ClN3O/c1-14(2,3)18(19)9-12-8-16-13(17-12)10-5-4-6-11(15)7-10/h4-9,19H,1-3H3. The third-order valence-electron chi connectivity index (χ3n) is 2.58. The molecule has 1 aromatic carbocycles. The first kappa shape index (κ1) is 13.8. The molecule has 0 atom stereocenters. The number of hydroxylamine groups is 2. The van der Waals surface area contributed by atoms with Crippen molar-refractivity contribution in [3.05, 3.63) is 46.7 Å². The number of hydrogen-bond acceptors (Lipinski definition) is 4. The zero-order valence-electron chi connectivity index (χ0n) is 11.1. The minimum absolute atomic E-state index is 0.380. The molecule has 0 bridgehead atoms. The molecule has 2 rings (SSSR count). The molecular weight excluding hydrogens is 262 g/mol. The van der Waals surface area contributed by atoms with Crippen molar-refractivity contribution < 1.29 is 5.21 Å². The Bertz CT molecular complexity index is 570. The van der Waals surface area contributed by atoms with E-state index in [1.165, 1.54) is 0 Å². The molecule has 0 amide bonds. The van der Waals surface area contributed by atoms with Gasteiger partial charge in [0.15, 0.2) is 5.84 Å². The Morgan fingerprint density at radius 3 is 2.68 bits per heavy atom. The van der Waals surface area contributed by atoms with Gasteiger partial charge in [-0.05, 0) is 32.9 Å². The second-order valence-electron chi connectivity index (χ2n) is 5.27. The third kappa shape index (κ3) is 3.43. The van der Waals surface area contributed by atoms with Crippen LogP contribution in [0.1, 0.15) is 26.3 Å². The number of rotatable bonds is 2. The maximum absolute atomic E-state index is 9.85. The van der Waals surface area contributed by atoms with Gasteiger partial charge in [-0.3, -0.25) is 10.3 Å². The van der Waals surface area contributed by atoms with E-state index >= 15 is 0 Å². The van der Waals surface area contributed by atoms with E-state index in [4.69, 9.17) is 11.6 Å². The maximum atomic E-state index is 9.85. The molecule has 1 aliphatic heterocycles. The van der Waals surface area contributed by atoms with Crippen molar-refractivity contribution in [2.24, 2.45) is 9.98 Å². The molecule has 1 heterocycles. The van der Waals surface area contributed by atoms with Gasteiger partial charge < -0.3 is 0 Å². The van der Waals surface area contributed by atoms with Crippen LogP contribution in [-0.4, -0.2) is 27.9 Å². The summed E-state index contributed by atoms with van der Waals surface area (Å²) in [6, 6.07) is 7.35. The summed E-state index contributed by atoms with van der Waals surface area (Å²) >= 11 is 5.93. The van der Waals surface area contributed by atoms with E-state index in [1.807, 2.05) is 32.9 Å². The highest BCUT2D eigenvalue weighted by Crippen LogP contribution is 2.17. The predicted octanol–water partition coefficient (Wildman–Crippen LogP) is 3.50. The van der Waals surface area contributed by atoms with Crippen LogP contribution in [0, 0.1) is 0 Å². The van der Waals surface area contributed by atoms with E-state index in [0.29, 0.717) is 16.6 Å². The predicted molar refractivity (Wildman–Crippen MR) is 77.9 cm³/mol. The number of benzene rings is 1. The molecule has 0 unspecified atom stereocenters. The smallest absolute Gasteiger partial charge is 0.159 e. The van der Waals surface area contributed by atoms with Gasteiger partial charge in [0.25, 0.3) is 0 Å². The van der Waals surface area contributed by atoms with Crippen LogP contribution in [0.2, 0.25) is 5.02 Å². The Hall–Kier alpha value is -1.65. The monoisotopic (exact) mass is 277 g/mol. The van der Waals surface area contributed by atoms with E-state index in [2.05, 4.69) is 9.98 Å². The van der Waals surface area contributed by atoms with Gasteiger partial charge in [0, 0.05) is 10.6 Å². The minimum atomic E-state index is -0.380. The van der Waals surface area contributed by atoms with Crippen molar-refractivity contribution in [1.29, 1.82) is 0 Å². The summed E-state index contributed by atoms with van der Waals surface area (Å²) in [7, 11) is 0. The van der Waals surface area contributed by atoms with E-state index in [-0.39, 0.29) is 5.54 Å². The first-order valence-corrected chi connectivity index (χ1v) is 6.33. The van der Waals surface area contributed by atoms with Crippen molar-refractivity contribution in [1.82, 2.24) is 5.06 Å².